The normalized spacial score (nSPS) is 10.4. The zero-order valence-corrected chi connectivity index (χ0v) is 7.73. The minimum Gasteiger partial charge on any atom is -0.394 e. The van der Waals surface area contributed by atoms with Gasteiger partial charge in [0.1, 0.15) is 5.69 Å². The molecule has 2 N–H and O–H groups in total. The highest BCUT2D eigenvalue weighted by atomic mass is 31.0. The van der Waals surface area contributed by atoms with Gasteiger partial charge in [0.05, 0.1) is 5.56 Å². The Morgan fingerprint density at radius 2 is 1.36 bits per heavy atom. The molecule has 0 fully saturated rings. The Morgan fingerprint density at radius 3 is 1.64 bits per heavy atom. The topological polar surface area (TPSA) is 43.1 Å². The monoisotopic (exact) mass is 225 g/mol. The number of benzene rings is 1. The molecule has 0 heterocycles. The van der Waals surface area contributed by atoms with Gasteiger partial charge in [0.25, 0.3) is 0 Å². The number of rotatable bonds is 1. The molecular weight excluding hydrogens is 221 g/mol. The van der Waals surface area contributed by atoms with Gasteiger partial charge >= 0.3 is 0 Å². The highest BCUT2D eigenvalue weighted by molar-refractivity contribution is 7.41. The van der Waals surface area contributed by atoms with Gasteiger partial charge in [-0.3, -0.25) is 4.79 Å². The molecule has 0 amide bonds. The van der Waals surface area contributed by atoms with Crippen LogP contribution in [0.4, 0.5) is 23.2 Å². The van der Waals surface area contributed by atoms with Crippen LogP contribution in [0.3, 0.4) is 0 Å². The van der Waals surface area contributed by atoms with Crippen LogP contribution in [0.5, 0.6) is 0 Å². The average Bonchev–Trinajstić information content (AvgIpc) is 2.11. The maximum absolute atomic E-state index is 12.9. The predicted octanol–water partition coefficient (Wildman–Crippen LogP) is 1.84. The highest BCUT2D eigenvalue weighted by Gasteiger charge is 2.26. The van der Waals surface area contributed by atoms with Crippen molar-refractivity contribution in [2.24, 2.45) is 0 Å². The van der Waals surface area contributed by atoms with E-state index in [1.54, 1.807) is 0 Å². The molecule has 0 bridgehead atoms. The number of halogens is 4. The van der Waals surface area contributed by atoms with E-state index in [1.165, 1.54) is 9.24 Å². The van der Waals surface area contributed by atoms with Crippen molar-refractivity contribution in [2.45, 2.75) is 0 Å². The zero-order chi connectivity index (χ0) is 11.0. The minimum atomic E-state index is -1.79. The van der Waals surface area contributed by atoms with Crippen molar-refractivity contribution in [1.82, 2.24) is 0 Å². The summed E-state index contributed by atoms with van der Waals surface area (Å²) in [5.74, 6) is -7.12. The summed E-state index contributed by atoms with van der Waals surface area (Å²) in [6, 6.07) is 0. The number of nitrogens with two attached hydrogens (primary N) is 1. The molecule has 0 aromatic heterocycles. The molecule has 0 saturated heterocycles. The number of hydrogen-bond donors (Lipinski definition) is 1. The number of nitrogen functional groups attached to an aromatic ring is 1. The molecule has 0 radical (unpaired) electrons. The smallest absolute Gasteiger partial charge is 0.185 e. The lowest BCUT2D eigenvalue weighted by atomic mass is 10.1. The van der Waals surface area contributed by atoms with Crippen LogP contribution in [0.2, 0.25) is 0 Å². The summed E-state index contributed by atoms with van der Waals surface area (Å²) in [5.41, 5.74) is 0.933. The largest absolute Gasteiger partial charge is 0.394 e. The molecule has 0 spiro atoms. The molecule has 0 aliphatic carbocycles. The lowest BCUT2D eigenvalue weighted by Gasteiger charge is -2.05. The van der Waals surface area contributed by atoms with Crippen LogP contribution in [-0.4, -0.2) is 5.52 Å². The first-order chi connectivity index (χ1) is 6.37. The summed E-state index contributed by atoms with van der Waals surface area (Å²) in [6.07, 6.45) is 0. The quantitative estimate of drug-likeness (QED) is 0.343. The SMILES string of the molecule is Nc1c(F)c(F)c(C(=O)P)c(F)c1F. The van der Waals surface area contributed by atoms with Crippen LogP contribution in [-0.2, 0) is 0 Å². The fourth-order valence-electron chi connectivity index (χ4n) is 0.865. The molecule has 1 rings (SSSR count). The van der Waals surface area contributed by atoms with Crippen LogP contribution in [0.1, 0.15) is 10.4 Å². The van der Waals surface area contributed by atoms with Gasteiger partial charge in [0, 0.05) is 0 Å². The van der Waals surface area contributed by atoms with E-state index in [0.29, 0.717) is 0 Å². The third-order valence-corrected chi connectivity index (χ3v) is 1.83. The molecule has 1 aromatic rings. The molecule has 1 aromatic carbocycles. The molecule has 14 heavy (non-hydrogen) atoms. The summed E-state index contributed by atoms with van der Waals surface area (Å²) in [6.45, 7) is 0. The summed E-state index contributed by atoms with van der Waals surface area (Å²) in [5, 5.41) is 0. The molecule has 7 heteroatoms. The summed E-state index contributed by atoms with van der Waals surface area (Å²) < 4.78 is 51.2. The third kappa shape index (κ3) is 1.46. The Bertz CT molecular complexity index is 392. The van der Waals surface area contributed by atoms with E-state index in [9.17, 15) is 22.4 Å². The highest BCUT2D eigenvalue weighted by Crippen LogP contribution is 2.26. The second-order valence-electron chi connectivity index (χ2n) is 2.41. The minimum absolute atomic E-state index is 1.20. The number of carbonyl (C=O) groups is 1. The van der Waals surface area contributed by atoms with Crippen LogP contribution in [0.25, 0.3) is 0 Å². The molecule has 1 unspecified atom stereocenters. The Hall–Kier alpha value is -1.16. The van der Waals surface area contributed by atoms with Crippen molar-refractivity contribution < 1.29 is 22.4 Å². The third-order valence-electron chi connectivity index (χ3n) is 1.54. The van der Waals surface area contributed by atoms with Gasteiger partial charge in [0.2, 0.25) is 0 Å². The second-order valence-corrected chi connectivity index (χ2v) is 2.93. The first-order valence-electron chi connectivity index (χ1n) is 3.29. The molecule has 2 nitrogen and oxygen atoms in total. The van der Waals surface area contributed by atoms with Crippen LogP contribution in [0.15, 0.2) is 0 Å². The maximum Gasteiger partial charge on any atom is 0.185 e. The summed E-state index contributed by atoms with van der Waals surface area (Å²) >= 11 is 0. The van der Waals surface area contributed by atoms with Crippen LogP contribution in [0, 0.1) is 23.3 Å². The van der Waals surface area contributed by atoms with Gasteiger partial charge < -0.3 is 5.73 Å². The van der Waals surface area contributed by atoms with E-state index in [1.807, 2.05) is 0 Å². The van der Waals surface area contributed by atoms with Crippen LogP contribution < -0.4 is 5.73 Å². The lowest BCUT2D eigenvalue weighted by molar-refractivity contribution is 0.107. The first-order valence-corrected chi connectivity index (χ1v) is 3.86. The van der Waals surface area contributed by atoms with Crippen LogP contribution >= 0.6 is 9.24 Å². The Morgan fingerprint density at radius 1 is 1.00 bits per heavy atom. The van der Waals surface area contributed by atoms with Gasteiger partial charge in [-0.05, 0) is 0 Å². The standard InChI is InChI=1S/C7H4F4NOP/c8-2-1(7(13)14)3(9)5(11)6(12)4(2)10/h12,14H2. The first kappa shape index (κ1) is 10.9. The van der Waals surface area contributed by atoms with E-state index in [-0.39, 0.29) is 0 Å². The van der Waals surface area contributed by atoms with Crippen molar-refractivity contribution >= 4 is 20.5 Å². The average molecular weight is 225 g/mol. The fraction of sp³-hybridized carbons (Fsp3) is 0. The van der Waals surface area contributed by atoms with Gasteiger partial charge in [-0.25, -0.2) is 17.6 Å². The van der Waals surface area contributed by atoms with Gasteiger partial charge in [-0.1, -0.05) is 9.24 Å². The Labute approximate surface area is 78.3 Å². The van der Waals surface area contributed by atoms with E-state index in [2.05, 4.69) is 0 Å². The zero-order valence-electron chi connectivity index (χ0n) is 6.57. The Kier molecular flexibility index (Phi) is 2.76. The van der Waals surface area contributed by atoms with Crippen molar-refractivity contribution in [3.8, 4) is 0 Å². The van der Waals surface area contributed by atoms with Crippen molar-refractivity contribution in [3.05, 3.63) is 28.8 Å². The van der Waals surface area contributed by atoms with Crippen molar-refractivity contribution in [2.75, 3.05) is 5.73 Å². The Balaban J connectivity index is 3.68. The van der Waals surface area contributed by atoms with Gasteiger partial charge in [-0.15, -0.1) is 0 Å². The number of hydrogen-bond acceptors (Lipinski definition) is 2. The maximum atomic E-state index is 12.9. The lowest BCUT2D eigenvalue weighted by Crippen LogP contribution is -2.09. The molecule has 0 aliphatic heterocycles. The fourth-order valence-corrected chi connectivity index (χ4v) is 1.12. The molecule has 0 aliphatic rings. The molecule has 1 atom stereocenters. The molecular formula is C7H4F4NOP. The van der Waals surface area contributed by atoms with E-state index < -0.39 is 40.0 Å². The molecule has 0 saturated carbocycles. The van der Waals surface area contributed by atoms with Gasteiger partial charge in [-0.2, -0.15) is 0 Å². The summed E-state index contributed by atoms with van der Waals surface area (Å²) in [7, 11) is 1.41. The number of anilines is 1. The van der Waals surface area contributed by atoms with E-state index >= 15 is 0 Å². The second kappa shape index (κ2) is 3.53. The summed E-state index contributed by atoms with van der Waals surface area (Å²) in [4.78, 5) is 10.6. The predicted molar refractivity (Wildman–Crippen MR) is 44.7 cm³/mol. The van der Waals surface area contributed by atoms with Crippen molar-refractivity contribution in [3.63, 3.8) is 0 Å². The molecule has 76 valence electrons. The number of carbonyl (C=O) groups excluding carboxylic acids is 1. The van der Waals surface area contributed by atoms with Crippen molar-refractivity contribution in [1.29, 1.82) is 0 Å². The van der Waals surface area contributed by atoms with Gasteiger partial charge in [0.15, 0.2) is 28.8 Å². The van der Waals surface area contributed by atoms with E-state index in [0.717, 1.165) is 0 Å². The van der Waals surface area contributed by atoms with E-state index in [4.69, 9.17) is 5.73 Å².